The zero-order valence-corrected chi connectivity index (χ0v) is 5.76. The molecule has 0 unspecified atom stereocenters. The molecule has 0 heterocycles. The van der Waals surface area contributed by atoms with Gasteiger partial charge in [-0.25, -0.2) is 8.78 Å². The average molecular weight is 113 g/mol. The molecule has 0 saturated heterocycles. The van der Waals surface area contributed by atoms with Gasteiger partial charge >= 0.3 is 0 Å². The van der Waals surface area contributed by atoms with Gasteiger partial charge in [0.1, 0.15) is 0 Å². The van der Waals surface area contributed by atoms with Crippen LogP contribution in [0.25, 0.3) is 0 Å². The van der Waals surface area contributed by atoms with Crippen LogP contribution in [0.2, 0.25) is 5.11 Å². The number of hydrogen-bond acceptors (Lipinski definition) is 0. The molecular weight excluding hydrogens is 105 g/mol. The molecule has 0 bridgehead atoms. The van der Waals surface area contributed by atoms with Crippen molar-refractivity contribution in [3.05, 3.63) is 0 Å². The summed E-state index contributed by atoms with van der Waals surface area (Å²) >= 11 is 0. The minimum Gasteiger partial charge on any atom is -0.220 e. The molecule has 0 aliphatic heterocycles. The van der Waals surface area contributed by atoms with Crippen LogP contribution in [0.15, 0.2) is 0 Å². The van der Waals surface area contributed by atoms with Crippen LogP contribution in [0.5, 0.6) is 0 Å². The molecule has 8 heavy (non-hydrogen) atoms. The van der Waals surface area contributed by atoms with E-state index in [2.05, 4.69) is 0 Å². The van der Waals surface area contributed by atoms with Crippen LogP contribution in [-0.4, -0.2) is 37.2 Å². The van der Waals surface area contributed by atoms with Crippen molar-refractivity contribution < 1.29 is 8.78 Å². The van der Waals surface area contributed by atoms with Crippen LogP contribution in [0.1, 0.15) is 0 Å². The van der Waals surface area contributed by atoms with E-state index in [4.69, 9.17) is 0 Å². The van der Waals surface area contributed by atoms with Gasteiger partial charge in [-0.05, 0) is 0 Å². The van der Waals surface area contributed by atoms with Crippen molar-refractivity contribution in [2.45, 2.75) is 10.9 Å². The Morgan fingerprint density at radius 2 is 1.00 bits per heavy atom. The average Bonchev–Trinajstić information content (AvgIpc) is 1.25. The normalized spacial score (nSPS) is 13.8. The summed E-state index contributed by atoms with van der Waals surface area (Å²) < 4.78 is 24.5. The van der Waals surface area contributed by atoms with E-state index < -0.39 is 10.9 Å². The van der Waals surface area contributed by atoms with Crippen LogP contribution < -0.4 is 0 Å². The Morgan fingerprint density at radius 3 is 1.00 bits per heavy atom. The minimum atomic E-state index is -2.56. The second-order valence-electron chi connectivity index (χ2n) is 3.14. The highest BCUT2D eigenvalue weighted by atomic mass is 19.3. The minimum absolute atomic E-state index is 0.896. The highest BCUT2D eigenvalue weighted by Crippen LogP contribution is 2.29. The molecule has 0 atom stereocenters. The van der Waals surface area contributed by atoms with E-state index in [0.717, 1.165) is 7.85 Å². The lowest BCUT2D eigenvalue weighted by Gasteiger charge is -2.26. The van der Waals surface area contributed by atoms with E-state index in [9.17, 15) is 8.78 Å². The van der Waals surface area contributed by atoms with Crippen LogP contribution >= 0.6 is 0 Å². The lowest BCUT2D eigenvalue weighted by molar-refractivity contribution is 0.0967. The van der Waals surface area contributed by atoms with Gasteiger partial charge in [-0.2, -0.15) is 0 Å². The zero-order valence-electron chi connectivity index (χ0n) is 5.76. The molecule has 0 N–H and O–H groups in total. The maximum absolute atomic E-state index is 12.2. The van der Waals surface area contributed by atoms with E-state index >= 15 is 0 Å². The fourth-order valence-corrected chi connectivity index (χ4v) is 0. The predicted molar refractivity (Wildman–Crippen MR) is 41.8 cm³/mol. The van der Waals surface area contributed by atoms with E-state index in [1.54, 1.807) is 0 Å². The third-order valence-electron chi connectivity index (χ3n) is 1.32. The molecular formula is C2H8B4F2. The predicted octanol–water partition coefficient (Wildman–Crippen LogP) is -2.81. The number of alkyl halides is 2. The van der Waals surface area contributed by atoms with Crippen molar-refractivity contribution >= 4 is 31.4 Å². The summed E-state index contributed by atoms with van der Waals surface area (Å²) in [6.45, 7) is 0. The fraction of sp³-hybridized carbons (Fsp3) is 1.00. The Kier molecular flexibility index (Phi) is 1.84. The Labute approximate surface area is 52.0 Å². The molecule has 0 amide bonds. The molecule has 0 spiro atoms. The van der Waals surface area contributed by atoms with Crippen LogP contribution in [0.3, 0.4) is 0 Å². The van der Waals surface area contributed by atoms with Gasteiger partial charge in [-0.1, -0.05) is 5.11 Å². The van der Waals surface area contributed by atoms with Crippen LogP contribution in [0, 0.1) is 0 Å². The SMILES string of the molecule is BC(B)(B)C(B)(F)F. The third kappa shape index (κ3) is 1.93. The molecule has 0 nitrogen and oxygen atoms in total. The lowest BCUT2D eigenvalue weighted by atomic mass is 9.37. The topological polar surface area (TPSA) is 0 Å². The zero-order chi connectivity index (χ0) is 7.00. The van der Waals surface area contributed by atoms with Crippen molar-refractivity contribution in [1.82, 2.24) is 0 Å². The van der Waals surface area contributed by atoms with E-state index in [0.29, 0.717) is 0 Å². The maximum atomic E-state index is 12.2. The van der Waals surface area contributed by atoms with E-state index in [-0.39, 0.29) is 0 Å². The van der Waals surface area contributed by atoms with Gasteiger partial charge in [0.25, 0.3) is 0 Å². The van der Waals surface area contributed by atoms with Gasteiger partial charge < -0.3 is 0 Å². The molecule has 6 heteroatoms. The first-order chi connectivity index (χ1) is 3.25. The molecule has 0 aromatic carbocycles. The number of halogens is 2. The van der Waals surface area contributed by atoms with Crippen LogP contribution in [0.4, 0.5) is 8.78 Å². The standard InChI is InChI=1S/C2H8B4F2/c3-1(4,5)2(6,7)8/h3-6H2. The van der Waals surface area contributed by atoms with Gasteiger partial charge in [-0.15, -0.1) is 0 Å². The first kappa shape index (κ1) is 8.12. The van der Waals surface area contributed by atoms with Crippen molar-refractivity contribution in [2.75, 3.05) is 0 Å². The summed E-state index contributed by atoms with van der Waals surface area (Å²) in [5.41, 5.74) is 0. The van der Waals surface area contributed by atoms with Gasteiger partial charge in [0.2, 0.25) is 0 Å². The highest BCUT2D eigenvalue weighted by molar-refractivity contribution is 6.62. The summed E-state index contributed by atoms with van der Waals surface area (Å²) in [6.07, 6.45) is 0. The quantitative estimate of drug-likeness (QED) is 0.322. The first-order valence-corrected chi connectivity index (χ1v) is 2.63. The Balaban J connectivity index is 4.02. The van der Waals surface area contributed by atoms with E-state index in [1.165, 1.54) is 23.5 Å². The number of rotatable bonds is 1. The third-order valence-corrected chi connectivity index (χ3v) is 1.32. The summed E-state index contributed by atoms with van der Waals surface area (Å²) in [6, 6.07) is 0. The largest absolute Gasteiger partial charge is 0.220 e. The molecule has 0 aliphatic carbocycles. The van der Waals surface area contributed by atoms with Crippen molar-refractivity contribution in [3.8, 4) is 0 Å². The second-order valence-corrected chi connectivity index (χ2v) is 3.14. The molecule has 0 aromatic heterocycles. The molecule has 42 valence electrons. The lowest BCUT2D eigenvalue weighted by Crippen LogP contribution is -2.36. The summed E-state index contributed by atoms with van der Waals surface area (Å²) in [7, 11) is 5.50. The number of hydrogen-bond donors (Lipinski definition) is 0. The monoisotopic (exact) mass is 114 g/mol. The van der Waals surface area contributed by atoms with E-state index in [1.807, 2.05) is 0 Å². The smallest absolute Gasteiger partial charge is 0.192 e. The summed E-state index contributed by atoms with van der Waals surface area (Å²) in [5, 5.41) is -0.896. The van der Waals surface area contributed by atoms with Crippen molar-refractivity contribution in [2.24, 2.45) is 0 Å². The molecule has 0 aliphatic rings. The molecule has 0 rings (SSSR count). The molecule has 0 radical (unpaired) electrons. The first-order valence-electron chi connectivity index (χ1n) is 2.63. The molecule has 0 saturated carbocycles. The van der Waals surface area contributed by atoms with Crippen molar-refractivity contribution in [3.63, 3.8) is 0 Å². The molecule has 0 fully saturated rings. The maximum Gasteiger partial charge on any atom is 0.192 e. The van der Waals surface area contributed by atoms with Gasteiger partial charge in [-0.3, -0.25) is 0 Å². The van der Waals surface area contributed by atoms with Gasteiger partial charge in [0.05, 0.1) is 23.5 Å². The summed E-state index contributed by atoms with van der Waals surface area (Å²) in [4.78, 5) is 0. The fourth-order valence-electron chi connectivity index (χ4n) is 0. The van der Waals surface area contributed by atoms with Crippen LogP contribution in [-0.2, 0) is 0 Å². The Bertz CT molecular complexity index is 67.0. The Morgan fingerprint density at radius 1 is 0.875 bits per heavy atom. The van der Waals surface area contributed by atoms with Crippen molar-refractivity contribution in [1.29, 1.82) is 0 Å². The van der Waals surface area contributed by atoms with Gasteiger partial charge in [0, 0.05) is 0 Å². The second kappa shape index (κ2) is 1.82. The summed E-state index contributed by atoms with van der Waals surface area (Å²) in [5.74, 6) is -2.56. The van der Waals surface area contributed by atoms with Gasteiger partial charge in [0.15, 0.2) is 13.7 Å². The highest BCUT2D eigenvalue weighted by Gasteiger charge is 2.36. The molecule has 0 aromatic rings. The Hall–Kier alpha value is 0.120.